The predicted octanol–water partition coefficient (Wildman–Crippen LogP) is 8.46. The summed E-state index contributed by atoms with van der Waals surface area (Å²) in [4.78, 5) is 70.9. The van der Waals surface area contributed by atoms with Crippen molar-refractivity contribution in [2.45, 2.75) is 115 Å². The number of amides is 5. The van der Waals surface area contributed by atoms with Gasteiger partial charge in [0.05, 0.1) is 30.5 Å². The summed E-state index contributed by atoms with van der Waals surface area (Å²) >= 11 is 13.0. The number of anilines is 2. The van der Waals surface area contributed by atoms with Gasteiger partial charge in [0.15, 0.2) is 0 Å². The van der Waals surface area contributed by atoms with Gasteiger partial charge < -0.3 is 35.2 Å². The zero-order chi connectivity index (χ0) is 50.5. The predicted molar refractivity (Wildman–Crippen MR) is 270 cm³/mol. The van der Waals surface area contributed by atoms with Gasteiger partial charge in [0, 0.05) is 95.3 Å². The van der Waals surface area contributed by atoms with Crippen LogP contribution in [0, 0.1) is 29.0 Å². The highest BCUT2D eigenvalue weighted by Gasteiger charge is 2.61. The largest absolute Gasteiger partial charge is 0.495 e. The van der Waals surface area contributed by atoms with Crippen LogP contribution in [0.5, 0.6) is 5.75 Å². The Hall–Kier alpha value is -5.98. The molecule has 5 amide bonds. The van der Waals surface area contributed by atoms with Gasteiger partial charge in [-0.15, -0.1) is 0 Å². The van der Waals surface area contributed by atoms with Gasteiger partial charge in [0.2, 0.25) is 17.7 Å². The van der Waals surface area contributed by atoms with Crippen molar-refractivity contribution in [1.82, 2.24) is 20.4 Å². The van der Waals surface area contributed by atoms with E-state index in [1.54, 1.807) is 42.5 Å². The average molecular weight is 1010 g/mol. The third kappa shape index (κ3) is 9.50. The number of benzene rings is 4. The fraction of sp³-hybridized carbons (Fsp3) is 0.436. The third-order valence-corrected chi connectivity index (χ3v) is 15.3. The molecule has 4 aromatic carbocycles. The minimum Gasteiger partial charge on any atom is -0.495 e. The van der Waals surface area contributed by atoms with Gasteiger partial charge in [0.25, 0.3) is 11.8 Å². The highest BCUT2D eigenvalue weighted by Crippen LogP contribution is 2.57. The van der Waals surface area contributed by atoms with Crippen LogP contribution in [0.15, 0.2) is 72.8 Å². The number of nitrogens with zero attached hydrogens (tertiary/aromatic N) is 2. The lowest BCUT2D eigenvalue weighted by molar-refractivity contribution is -0.137. The molecule has 13 nitrogen and oxygen atoms in total. The smallest absolute Gasteiger partial charge is 0.255 e. The van der Waals surface area contributed by atoms with Crippen molar-refractivity contribution in [3.63, 3.8) is 0 Å². The number of carbonyl (C=O) groups excluding carboxylic acids is 5. The molecule has 372 valence electrons. The maximum Gasteiger partial charge on any atom is 0.255 e. The summed E-state index contributed by atoms with van der Waals surface area (Å²) in [5.74, 6) is 3.76. The highest BCUT2D eigenvalue weighted by molar-refractivity contribution is 6.31. The molecule has 5 heterocycles. The van der Waals surface area contributed by atoms with Gasteiger partial charge in [-0.05, 0) is 104 Å². The van der Waals surface area contributed by atoms with Gasteiger partial charge in [-0.25, -0.2) is 4.39 Å². The number of imide groups is 1. The Labute approximate surface area is 423 Å². The first-order chi connectivity index (χ1) is 33.9. The number of rotatable bonds is 10. The number of halogens is 3. The Morgan fingerprint density at radius 2 is 1.83 bits per heavy atom. The zero-order valence-corrected chi connectivity index (χ0v) is 42.2. The lowest BCUT2D eigenvalue weighted by Crippen LogP contribution is -2.52. The summed E-state index contributed by atoms with van der Waals surface area (Å²) in [7, 11) is 1.48. The van der Waals surface area contributed by atoms with E-state index >= 15 is 4.39 Å². The Morgan fingerprint density at radius 1 is 1.04 bits per heavy atom. The molecule has 16 heteroatoms. The van der Waals surface area contributed by atoms with E-state index in [1.165, 1.54) is 18.1 Å². The standard InChI is InChI=1S/C55H59Cl2FN6O7/c1-30(2)64(42-22-23-71-28-33(42)12-7-10-31-11-8-13-35-37(31)27-63(53(35)69)43-20-21-46(65)62-50(43)66)52(68)32-16-19-40(44(24-32)70-6)60-51(67)49-47(36-14-9-15-39(57)48(36)58)55(45(61-49)26-54(3,4)5)29-59-41-25-34(56)17-18-38(41)55/h8-9,11,13-19,24-25,30,33,42-43,45,47,49,59,61H,12,20-23,26-29H2,1-6H3,(H,60,67)(H,62,65,66)/t33-,42-,43?,45+,47+,49-,55+/m1/s1. The van der Waals surface area contributed by atoms with E-state index in [1.807, 2.05) is 43.0 Å². The summed E-state index contributed by atoms with van der Waals surface area (Å²) in [5, 5.41) is 13.2. The number of hydrogen-bond acceptors (Lipinski definition) is 9. The van der Waals surface area contributed by atoms with E-state index in [2.05, 4.69) is 53.9 Å². The zero-order valence-electron chi connectivity index (χ0n) is 40.7. The second-order valence-electron chi connectivity index (χ2n) is 20.8. The van der Waals surface area contributed by atoms with Gasteiger partial charge >= 0.3 is 0 Å². The molecule has 3 fully saturated rings. The molecule has 3 saturated heterocycles. The Bertz CT molecular complexity index is 2880. The molecule has 4 aromatic rings. The van der Waals surface area contributed by atoms with Crippen LogP contribution in [-0.4, -0.2) is 96.4 Å². The number of fused-ring (bicyclic) bond motifs is 3. The molecule has 0 aromatic heterocycles. The summed E-state index contributed by atoms with van der Waals surface area (Å²) in [5.41, 5.74) is 3.76. The van der Waals surface area contributed by atoms with Gasteiger partial charge in [0.1, 0.15) is 17.6 Å². The molecule has 1 unspecified atom stereocenters. The number of ether oxygens (including phenoxy) is 2. The number of hydrogen-bond donors (Lipinski definition) is 4. The number of methoxy groups -OCH3 is 1. The second kappa shape index (κ2) is 19.9. The Balaban J connectivity index is 0.957. The van der Waals surface area contributed by atoms with Crippen molar-refractivity contribution in [2.24, 2.45) is 11.3 Å². The maximum absolute atomic E-state index is 16.4. The lowest BCUT2D eigenvalue weighted by Gasteiger charge is -2.41. The van der Waals surface area contributed by atoms with E-state index in [0.717, 1.165) is 16.8 Å². The van der Waals surface area contributed by atoms with Crippen LogP contribution < -0.4 is 26.0 Å². The summed E-state index contributed by atoms with van der Waals surface area (Å²) in [6.07, 6.45) is 2.10. The van der Waals surface area contributed by atoms with Crippen molar-refractivity contribution < 1.29 is 37.8 Å². The molecule has 9 rings (SSSR count). The number of nitrogens with one attached hydrogen (secondary N) is 4. The first-order valence-corrected chi connectivity index (χ1v) is 25.0. The SMILES string of the molecule is COc1cc(C(=O)N(C(C)C)[C@@H]2CCOC[C@H]2CC#Cc2cccc3c2CN(C2CCC(=O)NC2=O)C3=O)ccc1NC(=O)[C@@H]1N[C@@H](CC(C)(C)C)[C@@]2(CNc3cc(Cl)ccc32)[C@H]1c1cccc(Cl)c1F. The Kier molecular flexibility index (Phi) is 14.0. The normalized spacial score (nSPS) is 24.8. The van der Waals surface area contributed by atoms with Crippen LogP contribution in [0.1, 0.15) is 116 Å². The fourth-order valence-electron chi connectivity index (χ4n) is 11.6. The molecule has 1 spiro atoms. The monoisotopic (exact) mass is 1000 g/mol. The van der Waals surface area contributed by atoms with Crippen LogP contribution in [0.25, 0.3) is 0 Å². The Morgan fingerprint density at radius 3 is 2.58 bits per heavy atom. The van der Waals surface area contributed by atoms with E-state index in [-0.39, 0.29) is 77.3 Å². The van der Waals surface area contributed by atoms with Crippen molar-refractivity contribution in [3.05, 3.63) is 122 Å². The van der Waals surface area contributed by atoms with Crippen LogP contribution in [0.2, 0.25) is 10.0 Å². The summed E-state index contributed by atoms with van der Waals surface area (Å²) < 4.78 is 28.3. The van der Waals surface area contributed by atoms with Crippen LogP contribution in [-0.2, 0) is 31.1 Å². The van der Waals surface area contributed by atoms with Crippen molar-refractivity contribution in [1.29, 1.82) is 0 Å². The lowest BCUT2D eigenvalue weighted by atomic mass is 9.63. The molecule has 0 saturated carbocycles. The fourth-order valence-corrected chi connectivity index (χ4v) is 12.0. The van der Waals surface area contributed by atoms with Crippen molar-refractivity contribution in [3.8, 4) is 17.6 Å². The van der Waals surface area contributed by atoms with E-state index in [9.17, 15) is 24.0 Å². The summed E-state index contributed by atoms with van der Waals surface area (Å²) in [6, 6.07) is 18.6. The van der Waals surface area contributed by atoms with Gasteiger partial charge in [-0.1, -0.05) is 80.1 Å². The molecular weight excluding hydrogens is 947 g/mol. The van der Waals surface area contributed by atoms with Gasteiger partial charge in [-0.2, -0.15) is 0 Å². The highest BCUT2D eigenvalue weighted by atomic mass is 35.5. The molecule has 7 atom stereocenters. The van der Waals surface area contributed by atoms with E-state index in [4.69, 9.17) is 32.7 Å². The summed E-state index contributed by atoms with van der Waals surface area (Å²) in [6.45, 7) is 11.9. The van der Waals surface area contributed by atoms with Crippen molar-refractivity contribution in [2.75, 3.05) is 37.5 Å². The minimum atomic E-state index is -0.924. The molecule has 0 aliphatic carbocycles. The quantitative estimate of drug-likeness (QED) is 0.0904. The molecule has 5 aliphatic rings. The topological polar surface area (TPSA) is 158 Å². The maximum atomic E-state index is 16.4. The van der Waals surface area contributed by atoms with Gasteiger partial charge in [-0.3, -0.25) is 29.3 Å². The molecule has 0 bridgehead atoms. The van der Waals surface area contributed by atoms with Crippen LogP contribution in [0.3, 0.4) is 0 Å². The number of piperidine rings is 1. The van der Waals surface area contributed by atoms with Crippen LogP contribution >= 0.6 is 23.2 Å². The average Bonchev–Trinajstić information content (AvgIpc) is 3.98. The molecular formula is C55H59Cl2FN6O7. The first-order valence-electron chi connectivity index (χ1n) is 24.3. The third-order valence-electron chi connectivity index (χ3n) is 14.8. The van der Waals surface area contributed by atoms with Crippen LogP contribution in [0.4, 0.5) is 15.8 Å². The first kappa shape index (κ1) is 50.0. The van der Waals surface area contributed by atoms with E-state index in [0.29, 0.717) is 72.0 Å². The molecule has 0 radical (unpaired) electrons. The second-order valence-corrected chi connectivity index (χ2v) is 21.6. The number of carbonyl (C=O) groups is 5. The van der Waals surface area contributed by atoms with E-state index < -0.39 is 41.0 Å². The molecule has 4 N–H and O–H groups in total. The minimum absolute atomic E-state index is 0.0360. The molecule has 71 heavy (non-hydrogen) atoms. The van der Waals surface area contributed by atoms with Crippen molar-refractivity contribution >= 4 is 64.1 Å². The molecule has 5 aliphatic heterocycles.